The summed E-state index contributed by atoms with van der Waals surface area (Å²) in [7, 11) is 0. The largest absolute Gasteiger partial charge is 5.00 e. The molecule has 9 heavy (non-hydrogen) atoms. The Morgan fingerprint density at radius 2 is 0.556 bits per heavy atom. The Hall–Kier alpha value is 0.146. The van der Waals surface area contributed by atoms with Crippen LogP contribution in [0.15, 0.2) is 0 Å². The fourth-order valence-electron chi connectivity index (χ4n) is 0. The van der Waals surface area contributed by atoms with Crippen LogP contribution in [0.25, 0.3) is 30.8 Å². The molecule has 0 aromatic rings. The second-order valence-electron chi connectivity index (χ2n) is 0. The van der Waals surface area contributed by atoms with E-state index >= 15 is 0 Å². The smallest absolute Gasteiger partial charge is 0.693 e. The number of rotatable bonds is 0. The Morgan fingerprint density at radius 1 is 0.556 bits per heavy atom. The van der Waals surface area contributed by atoms with Crippen molar-refractivity contribution in [3.8, 4) is 0 Å². The fraction of sp³-hybridized carbons (Fsp3) is 0. The van der Waals surface area contributed by atoms with Gasteiger partial charge in [-0.25, -0.2) is 0 Å². The Balaban J connectivity index is -0.000000000238. The zero-order chi connectivity index (χ0) is 2.00. The van der Waals surface area contributed by atoms with E-state index in [1.54, 1.807) is 0 Å². The predicted molar refractivity (Wildman–Crippen MR) is 37.1 cm³/mol. The molecule has 0 aromatic heterocycles. The molecular formula is H11ClN7Os. The van der Waals surface area contributed by atoms with Gasteiger partial charge >= 0.3 is 19.8 Å². The van der Waals surface area contributed by atoms with Gasteiger partial charge in [-0.05, 0) is 0 Å². The molecule has 0 aromatic carbocycles. The first-order chi connectivity index (χ1) is 1.00. The molecule has 0 rings (SSSR count). The molecule has 0 aliphatic rings. The van der Waals surface area contributed by atoms with Crippen LogP contribution in [0.2, 0.25) is 0 Å². The molecule has 0 unspecified atom stereocenters. The maximum Gasteiger partial charge on any atom is 5.00 e. The summed E-state index contributed by atoms with van der Waals surface area (Å²) in [5, 5.41) is 12.0. The molecule has 0 saturated carbocycles. The van der Waals surface area contributed by atoms with E-state index in [1.165, 1.54) is 0 Å². The Labute approximate surface area is 74.1 Å². The molecule has 7 nitrogen and oxygen atoms in total. The number of nitrogens with two attached hydrogens (primary N) is 5. The van der Waals surface area contributed by atoms with Gasteiger partial charge in [0, 0.05) is 10.8 Å². The Bertz CT molecular complexity index is 13.6. The maximum atomic E-state index is 6.00. The van der Waals surface area contributed by atoms with Crippen LogP contribution >= 0.6 is 12.4 Å². The first-order valence-corrected chi connectivity index (χ1v) is 0.200. The summed E-state index contributed by atoms with van der Waals surface area (Å²) in [6.07, 6.45) is 0. The third kappa shape index (κ3) is 14400. The van der Waals surface area contributed by atoms with E-state index < -0.39 is 0 Å². The Kier molecular flexibility index (Phi) is 997000. The summed E-state index contributed by atoms with van der Waals surface area (Å²) in [5.74, 6) is 0. The van der Waals surface area contributed by atoms with Crippen molar-refractivity contribution < 1.29 is 19.8 Å². The maximum absolute atomic E-state index is 6.00. The molecule has 0 heterocycles. The molecule has 0 atom stereocenters. The standard InChI is InChI=1S/ClH.N2.5H2N.Os/c;1-2;;;;;;/h1H;;5*1H2;/q;;5*-1;+5. The number of hydrogen-bond acceptors (Lipinski definition) is 2. The SMILES string of the molecule is Cl.N#N.[NH2-].[NH2-].[NH2-].[NH2-].[NH2-].[Os+5]. The molecule has 0 aliphatic heterocycles. The quantitative estimate of drug-likeness (QED) is 0.599. The van der Waals surface area contributed by atoms with Gasteiger partial charge in [-0.1, -0.05) is 0 Å². The normalized spacial score (nSPS) is 0.222. The van der Waals surface area contributed by atoms with Gasteiger partial charge in [0.05, 0.1) is 0 Å². The van der Waals surface area contributed by atoms with Gasteiger partial charge in [0.15, 0.2) is 0 Å². The molecule has 0 aliphatic carbocycles. The predicted octanol–water partition coefficient (Wildman–Crippen LogP) is 4.03. The van der Waals surface area contributed by atoms with Crippen LogP contribution in [0.5, 0.6) is 0 Å². The van der Waals surface area contributed by atoms with E-state index in [2.05, 4.69) is 0 Å². The molecule has 0 spiro atoms. The number of nitrogens with zero attached hydrogens (tertiary/aromatic N) is 2. The van der Waals surface area contributed by atoms with Crippen LogP contribution in [-0.2, 0) is 19.8 Å². The van der Waals surface area contributed by atoms with E-state index in [4.69, 9.17) is 10.8 Å². The average molecular weight is 335 g/mol. The van der Waals surface area contributed by atoms with Crippen molar-refractivity contribution in [2.75, 3.05) is 0 Å². The average Bonchev–Trinajstić information content (AvgIpc) is 1.00. The minimum Gasteiger partial charge on any atom is -0.693 e. The molecule has 1 radical (unpaired) electrons. The van der Waals surface area contributed by atoms with Crippen molar-refractivity contribution in [2.24, 2.45) is 0 Å². The van der Waals surface area contributed by atoms with Crippen LogP contribution in [0, 0.1) is 10.8 Å². The summed E-state index contributed by atoms with van der Waals surface area (Å²) in [4.78, 5) is 0. The van der Waals surface area contributed by atoms with Gasteiger partial charge in [0.25, 0.3) is 0 Å². The Morgan fingerprint density at radius 3 is 0.556 bits per heavy atom. The van der Waals surface area contributed by atoms with Crippen molar-refractivity contribution in [1.82, 2.24) is 0 Å². The van der Waals surface area contributed by atoms with Gasteiger partial charge in [0.1, 0.15) is 0 Å². The molecule has 9 heteroatoms. The van der Waals surface area contributed by atoms with E-state index in [1.807, 2.05) is 0 Å². The molecule has 0 bridgehead atoms. The van der Waals surface area contributed by atoms with Gasteiger partial charge in [-0.15, -0.1) is 12.4 Å². The van der Waals surface area contributed by atoms with Gasteiger partial charge in [0.2, 0.25) is 0 Å². The first kappa shape index (κ1) is 462. The van der Waals surface area contributed by atoms with Crippen molar-refractivity contribution >= 4 is 12.4 Å². The fourth-order valence-corrected chi connectivity index (χ4v) is 0. The van der Waals surface area contributed by atoms with Gasteiger partial charge in [-0.3, -0.25) is 0 Å². The third-order valence-electron chi connectivity index (χ3n) is 0. The monoisotopic (exact) mass is 336 g/mol. The number of hydrogen-bond donors (Lipinski definition) is 0. The summed E-state index contributed by atoms with van der Waals surface area (Å²) in [6.45, 7) is 0. The molecule has 0 saturated heterocycles. The molecule has 61 valence electrons. The summed E-state index contributed by atoms with van der Waals surface area (Å²) in [5.41, 5.74) is 0. The van der Waals surface area contributed by atoms with Gasteiger partial charge in [-0.2, -0.15) is 0 Å². The van der Waals surface area contributed by atoms with Crippen molar-refractivity contribution in [3.63, 3.8) is 0 Å². The second kappa shape index (κ2) is 19400. The van der Waals surface area contributed by atoms with Crippen LogP contribution in [-0.4, -0.2) is 0 Å². The van der Waals surface area contributed by atoms with Crippen molar-refractivity contribution in [2.45, 2.75) is 0 Å². The zero-order valence-corrected chi connectivity index (χ0v) is 7.90. The summed E-state index contributed by atoms with van der Waals surface area (Å²) in [6, 6.07) is 0. The second-order valence-corrected chi connectivity index (χ2v) is 0. The van der Waals surface area contributed by atoms with Crippen LogP contribution in [0.1, 0.15) is 0 Å². The third-order valence-corrected chi connectivity index (χ3v) is 0. The zero-order valence-electron chi connectivity index (χ0n) is 4.54. The topological polar surface area (TPSA) is 215 Å². The van der Waals surface area contributed by atoms with E-state index in [0.29, 0.717) is 0 Å². The van der Waals surface area contributed by atoms with Crippen molar-refractivity contribution in [3.05, 3.63) is 30.8 Å². The van der Waals surface area contributed by atoms with Crippen LogP contribution in [0.4, 0.5) is 0 Å². The van der Waals surface area contributed by atoms with Gasteiger partial charge < -0.3 is 30.8 Å². The molecule has 0 fully saturated rings. The summed E-state index contributed by atoms with van der Waals surface area (Å²) >= 11 is 0. The van der Waals surface area contributed by atoms with E-state index in [9.17, 15) is 0 Å². The minimum absolute atomic E-state index is 0. The van der Waals surface area contributed by atoms with Crippen molar-refractivity contribution in [1.29, 1.82) is 10.8 Å². The molecular weight excluding hydrogens is 324 g/mol. The van der Waals surface area contributed by atoms with Crippen LogP contribution < -0.4 is 0 Å². The molecule has 0 amide bonds. The first-order valence-electron chi connectivity index (χ1n) is 0.200. The van der Waals surface area contributed by atoms with Crippen LogP contribution in [0.3, 0.4) is 0 Å². The number of halogens is 1. The molecule has 10 N–H and O–H groups in total. The summed E-state index contributed by atoms with van der Waals surface area (Å²) < 4.78 is 0. The van der Waals surface area contributed by atoms with E-state index in [0.717, 1.165) is 0 Å². The minimum atomic E-state index is 0. The van der Waals surface area contributed by atoms with E-state index in [-0.39, 0.29) is 63.0 Å².